The molecule has 5 heterocycles. The number of hydrogen-bond donors (Lipinski definition) is 1. The maximum absolute atomic E-state index is 17.0. The highest BCUT2D eigenvalue weighted by Crippen LogP contribution is 2.42. The highest BCUT2D eigenvalue weighted by Gasteiger charge is 2.49. The number of aryl methyl sites for hydroxylation is 1. The van der Waals surface area contributed by atoms with E-state index in [1.165, 1.54) is 19.4 Å². The number of nitrogens with zero attached hydrogens (tertiary/aromatic N) is 5. The number of methoxy groups -OCH3 is 1. The number of benzene rings is 2. The molecule has 2 aromatic carbocycles. The van der Waals surface area contributed by atoms with Gasteiger partial charge in [-0.15, -0.1) is 0 Å². The van der Waals surface area contributed by atoms with Crippen LogP contribution in [0.4, 0.5) is 19.0 Å². The molecule has 2 aromatic heterocycles. The number of alkyl halides is 1. The molecule has 3 atom stereocenters. The second-order valence-corrected chi connectivity index (χ2v) is 12.6. The number of anilines is 1. The first-order chi connectivity index (χ1) is 22.8. The van der Waals surface area contributed by atoms with Gasteiger partial charge in [-0.25, -0.2) is 13.2 Å². The lowest BCUT2D eigenvalue weighted by Gasteiger charge is -2.31. The summed E-state index contributed by atoms with van der Waals surface area (Å²) in [7, 11) is 1.50. The molecule has 0 saturated carbocycles. The van der Waals surface area contributed by atoms with E-state index in [1.807, 2.05) is 11.8 Å². The molecule has 47 heavy (non-hydrogen) atoms. The quantitative estimate of drug-likeness (QED) is 0.253. The second kappa shape index (κ2) is 13.0. The Bertz CT molecular complexity index is 1800. The largest absolute Gasteiger partial charge is 0.468 e. The van der Waals surface area contributed by atoms with Gasteiger partial charge in [-0.1, -0.05) is 13.0 Å². The smallest absolute Gasteiger partial charge is 0.319 e. The minimum absolute atomic E-state index is 0.0365. The van der Waals surface area contributed by atoms with Gasteiger partial charge in [-0.2, -0.15) is 9.97 Å². The Morgan fingerprint density at radius 3 is 2.83 bits per heavy atom. The Morgan fingerprint density at radius 1 is 1.13 bits per heavy atom. The van der Waals surface area contributed by atoms with Crippen LogP contribution in [-0.4, -0.2) is 103 Å². The van der Waals surface area contributed by atoms with E-state index in [0.29, 0.717) is 71.4 Å². The number of aromatic nitrogens is 3. The highest BCUT2D eigenvalue weighted by atomic mass is 19.1. The zero-order valence-electron chi connectivity index (χ0n) is 26.5. The molecule has 7 rings (SSSR count). The normalized spacial score (nSPS) is 23.4. The van der Waals surface area contributed by atoms with Gasteiger partial charge in [0.2, 0.25) is 0 Å². The SMILES string of the molecule is CCc1c(F)ccc2cc(OCOC)cc(-c3ncc4c(N5CCOC[C@@H](O)C5)nc(OC[C@@]56CCCN5C[C@H](F)C6)nc4c3F)c12. The van der Waals surface area contributed by atoms with Crippen molar-refractivity contribution in [3.8, 4) is 23.0 Å². The summed E-state index contributed by atoms with van der Waals surface area (Å²) in [6.07, 6.45) is 2.22. The van der Waals surface area contributed by atoms with E-state index < -0.39 is 29.4 Å². The van der Waals surface area contributed by atoms with Crippen molar-refractivity contribution in [2.75, 3.05) is 64.8 Å². The molecule has 0 bridgehead atoms. The summed E-state index contributed by atoms with van der Waals surface area (Å²) in [4.78, 5) is 17.7. The van der Waals surface area contributed by atoms with E-state index in [0.717, 1.165) is 19.4 Å². The van der Waals surface area contributed by atoms with Crippen molar-refractivity contribution in [3.05, 3.63) is 47.7 Å². The third kappa shape index (κ3) is 5.94. The lowest BCUT2D eigenvalue weighted by atomic mass is 9.94. The van der Waals surface area contributed by atoms with Gasteiger partial charge in [-0.05, 0) is 60.3 Å². The van der Waals surface area contributed by atoms with E-state index in [4.69, 9.17) is 23.9 Å². The minimum atomic E-state index is -0.937. The van der Waals surface area contributed by atoms with Crippen molar-refractivity contribution in [1.29, 1.82) is 0 Å². The van der Waals surface area contributed by atoms with Crippen LogP contribution in [0.5, 0.6) is 11.8 Å². The Kier molecular flexibility index (Phi) is 8.81. The monoisotopic (exact) mass is 653 g/mol. The molecule has 0 spiro atoms. The molecule has 3 aliphatic rings. The van der Waals surface area contributed by atoms with Crippen LogP contribution < -0.4 is 14.4 Å². The fourth-order valence-corrected chi connectivity index (χ4v) is 7.38. The molecule has 0 unspecified atom stereocenters. The van der Waals surface area contributed by atoms with E-state index in [1.54, 1.807) is 18.2 Å². The predicted octanol–water partition coefficient (Wildman–Crippen LogP) is 4.82. The van der Waals surface area contributed by atoms with Gasteiger partial charge in [-0.3, -0.25) is 9.88 Å². The molecule has 10 nitrogen and oxygen atoms in total. The first-order valence-corrected chi connectivity index (χ1v) is 16.1. The van der Waals surface area contributed by atoms with E-state index in [-0.39, 0.29) is 43.8 Å². The molecule has 3 aliphatic heterocycles. The standard InChI is InChI=1S/C34H38F3N5O5/c1-3-24-27(36)6-5-20-11-23(47-19-44-2)12-25(28(20)24)30-29(37)31-26(14-38-30)32(41-9-10-45-17-22(43)16-41)40-33(39-31)46-18-34-7-4-8-42(34)15-21(35)13-34/h5-6,11-12,14,21-22,43H,3-4,7-10,13,15-19H2,1-2H3/t21-,22+,34+/m1/s1. The van der Waals surface area contributed by atoms with Crippen LogP contribution in [0.15, 0.2) is 30.5 Å². The first-order valence-electron chi connectivity index (χ1n) is 16.1. The molecule has 0 amide bonds. The van der Waals surface area contributed by atoms with Crippen molar-refractivity contribution in [1.82, 2.24) is 19.9 Å². The first kappa shape index (κ1) is 31.8. The molecule has 4 aromatic rings. The fraction of sp³-hybridized carbons (Fsp3) is 0.500. The van der Waals surface area contributed by atoms with Crippen molar-refractivity contribution >= 4 is 27.5 Å². The summed E-state index contributed by atoms with van der Waals surface area (Å²) in [6.45, 7) is 4.19. The highest BCUT2D eigenvalue weighted by molar-refractivity contribution is 6.01. The third-order valence-electron chi connectivity index (χ3n) is 9.51. The van der Waals surface area contributed by atoms with Crippen LogP contribution in [0.25, 0.3) is 32.9 Å². The lowest BCUT2D eigenvalue weighted by Crippen LogP contribution is -2.43. The predicted molar refractivity (Wildman–Crippen MR) is 170 cm³/mol. The number of aliphatic hydroxyl groups is 1. The van der Waals surface area contributed by atoms with E-state index >= 15 is 8.78 Å². The molecule has 13 heteroatoms. The third-order valence-corrected chi connectivity index (χ3v) is 9.51. The lowest BCUT2D eigenvalue weighted by molar-refractivity contribution is 0.0512. The molecule has 1 N–H and O–H groups in total. The van der Waals surface area contributed by atoms with Crippen molar-refractivity contribution in [3.63, 3.8) is 0 Å². The zero-order valence-corrected chi connectivity index (χ0v) is 26.5. The summed E-state index contributed by atoms with van der Waals surface area (Å²) in [5, 5.41) is 12.0. The number of rotatable bonds is 9. The van der Waals surface area contributed by atoms with Crippen molar-refractivity contribution in [2.24, 2.45) is 0 Å². The Hall–Kier alpha value is -3.78. The van der Waals surface area contributed by atoms with Crippen molar-refractivity contribution < 1.29 is 37.2 Å². The van der Waals surface area contributed by atoms with Crippen LogP contribution in [0, 0.1) is 11.6 Å². The number of halogens is 3. The number of fused-ring (bicyclic) bond motifs is 3. The van der Waals surface area contributed by atoms with E-state index in [2.05, 4.69) is 14.9 Å². The van der Waals surface area contributed by atoms with Crippen LogP contribution in [0.3, 0.4) is 0 Å². The zero-order chi connectivity index (χ0) is 32.7. The number of β-amino-alcohol motifs (C(OH)–C–C–N with tert-alkyl or cyclic N) is 1. The topological polar surface area (TPSA) is 102 Å². The summed E-state index contributed by atoms with van der Waals surface area (Å²) in [5.74, 6) is -0.411. The summed E-state index contributed by atoms with van der Waals surface area (Å²) in [5.41, 5.74) is 0.208. The van der Waals surface area contributed by atoms with Crippen LogP contribution in [-0.2, 0) is 15.9 Å². The Labute approximate surface area is 270 Å². The average Bonchev–Trinajstić information content (AvgIpc) is 3.50. The molecule has 250 valence electrons. The van der Waals surface area contributed by atoms with E-state index in [9.17, 15) is 9.50 Å². The van der Waals surface area contributed by atoms with Gasteiger partial charge in [0.15, 0.2) is 12.6 Å². The Balaban J connectivity index is 1.38. The number of pyridine rings is 1. The molecular formula is C34H38F3N5O5. The Morgan fingerprint density at radius 2 is 2.00 bits per heavy atom. The number of ether oxygens (including phenoxy) is 4. The average molecular weight is 654 g/mol. The molecule has 0 aliphatic carbocycles. The van der Waals surface area contributed by atoms with Gasteiger partial charge in [0.1, 0.15) is 41.4 Å². The fourth-order valence-electron chi connectivity index (χ4n) is 7.38. The van der Waals surface area contributed by atoms with Gasteiger partial charge in [0.25, 0.3) is 0 Å². The van der Waals surface area contributed by atoms with Gasteiger partial charge < -0.3 is 29.0 Å². The molecule has 0 radical (unpaired) electrons. The van der Waals surface area contributed by atoms with Crippen LogP contribution in [0.2, 0.25) is 0 Å². The second-order valence-electron chi connectivity index (χ2n) is 12.6. The minimum Gasteiger partial charge on any atom is -0.468 e. The van der Waals surface area contributed by atoms with Gasteiger partial charge >= 0.3 is 6.01 Å². The van der Waals surface area contributed by atoms with Gasteiger partial charge in [0, 0.05) is 44.9 Å². The summed E-state index contributed by atoms with van der Waals surface area (Å²) < 4.78 is 69.1. The number of hydrogen-bond acceptors (Lipinski definition) is 10. The maximum Gasteiger partial charge on any atom is 0.319 e. The van der Waals surface area contributed by atoms with Crippen LogP contribution in [0.1, 0.15) is 31.7 Å². The molecular weight excluding hydrogens is 615 g/mol. The van der Waals surface area contributed by atoms with Crippen molar-refractivity contribution in [2.45, 2.75) is 50.4 Å². The molecule has 3 saturated heterocycles. The summed E-state index contributed by atoms with van der Waals surface area (Å²) in [6, 6.07) is 6.33. The molecule has 3 fully saturated rings. The summed E-state index contributed by atoms with van der Waals surface area (Å²) >= 11 is 0. The number of aliphatic hydroxyl groups excluding tert-OH is 1. The van der Waals surface area contributed by atoms with Crippen LogP contribution >= 0.6 is 0 Å². The maximum atomic E-state index is 17.0. The van der Waals surface area contributed by atoms with Gasteiger partial charge in [0.05, 0.1) is 30.2 Å².